The first kappa shape index (κ1) is 22.5. The van der Waals surface area contributed by atoms with Gasteiger partial charge in [-0.15, -0.1) is 0 Å². The summed E-state index contributed by atoms with van der Waals surface area (Å²) in [7, 11) is 0. The number of likely N-dealkylation sites (tertiary alicyclic amines) is 1. The third-order valence-corrected chi connectivity index (χ3v) is 7.39. The minimum atomic E-state index is -0.442. The molecule has 2 aliphatic heterocycles. The Balaban J connectivity index is 1.15. The van der Waals surface area contributed by atoms with Crippen molar-refractivity contribution in [3.8, 4) is 28.5 Å². The van der Waals surface area contributed by atoms with E-state index in [2.05, 4.69) is 21.2 Å². The molecule has 1 atom stereocenters. The van der Waals surface area contributed by atoms with Crippen LogP contribution >= 0.6 is 0 Å². The molecule has 34 heavy (non-hydrogen) atoms. The Bertz CT molecular complexity index is 1130. The van der Waals surface area contributed by atoms with Gasteiger partial charge < -0.3 is 15.2 Å². The summed E-state index contributed by atoms with van der Waals surface area (Å²) < 4.78 is 12.4. The number of hydrogen-bond donors (Lipinski definition) is 2. The van der Waals surface area contributed by atoms with E-state index >= 15 is 0 Å². The monoisotopic (exact) mass is 460 g/mol. The van der Waals surface area contributed by atoms with E-state index in [0.717, 1.165) is 67.4 Å². The number of amides is 1. The minimum Gasteiger partial charge on any atom is -0.488 e. The van der Waals surface area contributed by atoms with E-state index in [1.807, 2.05) is 56.3 Å². The lowest BCUT2D eigenvalue weighted by Crippen LogP contribution is -2.46. The summed E-state index contributed by atoms with van der Waals surface area (Å²) in [5.41, 5.74) is 8.43. The zero-order valence-electron chi connectivity index (χ0n) is 19.8. The zero-order chi connectivity index (χ0) is 23.7. The summed E-state index contributed by atoms with van der Waals surface area (Å²) in [5, 5.41) is 6.96. The molecule has 3 heterocycles. The van der Waals surface area contributed by atoms with Crippen molar-refractivity contribution in [2.75, 3.05) is 19.6 Å². The molecular weight excluding hydrogens is 428 g/mol. The Morgan fingerprint density at radius 2 is 1.88 bits per heavy atom. The highest BCUT2D eigenvalue weighted by Gasteiger charge is 2.37. The fourth-order valence-corrected chi connectivity index (χ4v) is 5.03. The largest absolute Gasteiger partial charge is 0.488 e. The Morgan fingerprint density at radius 1 is 1.15 bits per heavy atom. The number of benzene rings is 2. The Kier molecular flexibility index (Phi) is 6.04. The van der Waals surface area contributed by atoms with Gasteiger partial charge in [0.25, 0.3) is 0 Å². The number of ether oxygens (including phenoxy) is 2. The lowest BCUT2D eigenvalue weighted by atomic mass is 9.73. The molecule has 0 radical (unpaired) electrons. The van der Waals surface area contributed by atoms with Crippen LogP contribution < -0.4 is 15.2 Å². The maximum Gasteiger partial charge on any atom is 0.223 e. The fraction of sp³-hybridized carbons (Fsp3) is 0.407. The Morgan fingerprint density at radius 3 is 2.56 bits per heavy atom. The number of aromatic nitrogens is 2. The number of nitrogens with two attached hydrogens (primary N) is 1. The maximum absolute atomic E-state index is 11.8. The molecule has 3 N–H and O–H groups in total. The first-order valence-corrected chi connectivity index (χ1v) is 12.0. The molecule has 1 fully saturated rings. The summed E-state index contributed by atoms with van der Waals surface area (Å²) in [6.07, 6.45) is 4.77. The summed E-state index contributed by atoms with van der Waals surface area (Å²) in [6.45, 7) is 6.78. The first-order valence-electron chi connectivity index (χ1n) is 12.0. The second-order valence-corrected chi connectivity index (χ2v) is 9.97. The van der Waals surface area contributed by atoms with E-state index < -0.39 is 5.41 Å². The normalized spacial score (nSPS) is 18.9. The van der Waals surface area contributed by atoms with Crippen LogP contribution in [0.15, 0.2) is 54.7 Å². The highest BCUT2D eigenvalue weighted by molar-refractivity contribution is 5.80. The van der Waals surface area contributed by atoms with Crippen molar-refractivity contribution in [3.63, 3.8) is 0 Å². The van der Waals surface area contributed by atoms with Crippen LogP contribution in [0, 0.1) is 11.3 Å². The molecule has 1 aromatic heterocycles. The van der Waals surface area contributed by atoms with Crippen molar-refractivity contribution < 1.29 is 14.3 Å². The van der Waals surface area contributed by atoms with Crippen molar-refractivity contribution in [3.05, 3.63) is 60.3 Å². The topological polar surface area (TPSA) is 93.5 Å². The summed E-state index contributed by atoms with van der Waals surface area (Å²) in [6, 6.07) is 16.0. The van der Waals surface area contributed by atoms with Gasteiger partial charge in [-0.1, -0.05) is 19.9 Å². The Hall–Kier alpha value is -3.32. The predicted molar refractivity (Wildman–Crippen MR) is 131 cm³/mol. The van der Waals surface area contributed by atoms with Gasteiger partial charge in [-0.2, -0.15) is 5.10 Å². The van der Waals surface area contributed by atoms with Gasteiger partial charge in [0.2, 0.25) is 5.91 Å². The Labute approximate surface area is 200 Å². The maximum atomic E-state index is 11.8. The van der Waals surface area contributed by atoms with Crippen molar-refractivity contribution >= 4 is 5.91 Å². The van der Waals surface area contributed by atoms with Crippen LogP contribution in [0.25, 0.3) is 11.3 Å². The molecule has 0 saturated carbocycles. The molecule has 0 spiro atoms. The van der Waals surface area contributed by atoms with Gasteiger partial charge in [-0.25, -0.2) is 0 Å². The van der Waals surface area contributed by atoms with Gasteiger partial charge in [0.15, 0.2) is 0 Å². The van der Waals surface area contributed by atoms with E-state index in [0.29, 0.717) is 5.92 Å². The smallest absolute Gasteiger partial charge is 0.223 e. The molecule has 2 aromatic carbocycles. The molecule has 0 aliphatic carbocycles. The van der Waals surface area contributed by atoms with Crippen molar-refractivity contribution in [2.45, 2.75) is 39.2 Å². The molecule has 178 valence electrons. The first-order chi connectivity index (χ1) is 16.4. The zero-order valence-corrected chi connectivity index (χ0v) is 19.8. The average Bonchev–Trinajstić information content (AvgIpc) is 3.49. The number of hydrogen-bond acceptors (Lipinski definition) is 5. The average molecular weight is 461 g/mol. The highest BCUT2D eigenvalue weighted by Crippen LogP contribution is 2.37. The van der Waals surface area contributed by atoms with Crippen LogP contribution in [-0.2, 0) is 11.2 Å². The summed E-state index contributed by atoms with van der Waals surface area (Å²) in [5.74, 6) is 2.59. The van der Waals surface area contributed by atoms with E-state index in [1.54, 1.807) is 6.20 Å². The van der Waals surface area contributed by atoms with Crippen LogP contribution in [-0.4, -0.2) is 46.7 Å². The van der Waals surface area contributed by atoms with Crippen molar-refractivity contribution in [2.24, 2.45) is 17.1 Å². The van der Waals surface area contributed by atoms with Gasteiger partial charge >= 0.3 is 0 Å². The summed E-state index contributed by atoms with van der Waals surface area (Å²) in [4.78, 5) is 14.2. The third-order valence-electron chi connectivity index (χ3n) is 7.39. The lowest BCUT2D eigenvalue weighted by molar-refractivity contribution is -0.129. The number of carbonyl (C=O) groups is 1. The highest BCUT2D eigenvalue weighted by atomic mass is 16.5. The molecule has 5 rings (SSSR count). The van der Waals surface area contributed by atoms with Crippen molar-refractivity contribution in [1.29, 1.82) is 0 Å². The molecule has 7 nitrogen and oxygen atoms in total. The quantitative estimate of drug-likeness (QED) is 0.545. The van der Waals surface area contributed by atoms with Gasteiger partial charge in [-0.05, 0) is 79.4 Å². The second kappa shape index (κ2) is 9.14. The van der Waals surface area contributed by atoms with Crippen LogP contribution in [0.2, 0.25) is 0 Å². The SMILES string of the molecule is CC(C)(C(N)=O)C1CCN(CC2Cc3ccc(Oc4ccc(-c5ccn[nH]5)cc4)cc3O2)CC1. The van der Waals surface area contributed by atoms with Gasteiger partial charge in [0, 0.05) is 30.6 Å². The molecule has 1 amide bonds. The molecule has 3 aromatic rings. The molecular formula is C27H32N4O3. The van der Waals surface area contributed by atoms with Crippen molar-refractivity contribution in [1.82, 2.24) is 15.1 Å². The van der Waals surface area contributed by atoms with Crippen LogP contribution in [0.5, 0.6) is 17.2 Å². The number of primary amides is 1. The van der Waals surface area contributed by atoms with Gasteiger partial charge in [-0.3, -0.25) is 14.8 Å². The van der Waals surface area contributed by atoms with E-state index in [4.69, 9.17) is 15.2 Å². The number of H-pyrrole nitrogens is 1. The fourth-order valence-electron chi connectivity index (χ4n) is 5.03. The molecule has 2 aliphatic rings. The van der Waals surface area contributed by atoms with Crippen LogP contribution in [0.4, 0.5) is 0 Å². The second-order valence-electron chi connectivity index (χ2n) is 9.97. The number of fused-ring (bicyclic) bond motifs is 1. The van der Waals surface area contributed by atoms with Gasteiger partial charge in [0.1, 0.15) is 23.4 Å². The van der Waals surface area contributed by atoms with E-state index in [-0.39, 0.29) is 12.0 Å². The van der Waals surface area contributed by atoms with Gasteiger partial charge in [0.05, 0.1) is 5.69 Å². The summed E-state index contributed by atoms with van der Waals surface area (Å²) >= 11 is 0. The number of rotatable bonds is 7. The van der Waals surface area contributed by atoms with E-state index in [1.165, 1.54) is 5.56 Å². The molecule has 1 unspecified atom stereocenters. The minimum absolute atomic E-state index is 0.139. The molecule has 1 saturated heterocycles. The predicted octanol–water partition coefficient (Wildman–Crippen LogP) is 4.40. The molecule has 0 bridgehead atoms. The van der Waals surface area contributed by atoms with E-state index in [9.17, 15) is 4.79 Å². The number of aromatic amines is 1. The lowest BCUT2D eigenvalue weighted by Gasteiger charge is -2.39. The number of carbonyl (C=O) groups excluding carboxylic acids is 1. The number of nitrogens with zero attached hydrogens (tertiary/aromatic N) is 2. The number of piperidine rings is 1. The standard InChI is InChI=1S/C27H32N4O3/c1-27(2,26(28)32)20-10-13-31(14-11-20)17-23-15-19-5-8-22(16-25(19)34-23)33-21-6-3-18(4-7-21)24-9-12-29-30-24/h3-9,12,16,20,23H,10-11,13-15,17H2,1-2H3,(H2,28,32)(H,29,30). The third kappa shape index (κ3) is 4.66. The number of nitrogens with one attached hydrogen (secondary N) is 1. The molecule has 7 heteroatoms. The van der Waals surface area contributed by atoms with Crippen LogP contribution in [0.1, 0.15) is 32.3 Å². The van der Waals surface area contributed by atoms with Crippen LogP contribution in [0.3, 0.4) is 0 Å².